The van der Waals surface area contributed by atoms with Crippen LogP contribution in [0, 0.1) is 0 Å². The van der Waals surface area contributed by atoms with Crippen molar-refractivity contribution in [2.75, 3.05) is 0 Å². The number of pyridine rings is 1. The zero-order valence-electron chi connectivity index (χ0n) is 14.2. The van der Waals surface area contributed by atoms with Gasteiger partial charge in [0, 0.05) is 30.9 Å². The Balaban J connectivity index is 1.60. The van der Waals surface area contributed by atoms with Crippen molar-refractivity contribution in [1.29, 1.82) is 0 Å². The summed E-state index contributed by atoms with van der Waals surface area (Å²) in [5, 5.41) is 4.26. The van der Waals surface area contributed by atoms with Crippen LogP contribution >= 0.6 is 0 Å². The predicted molar refractivity (Wildman–Crippen MR) is 96.7 cm³/mol. The summed E-state index contributed by atoms with van der Waals surface area (Å²) in [6, 6.07) is 14.2. The third kappa shape index (κ3) is 3.65. The molecular formula is C20H23N3O. The van der Waals surface area contributed by atoms with Gasteiger partial charge in [0.2, 0.25) is 5.91 Å². The Bertz CT molecular complexity index is 823. The van der Waals surface area contributed by atoms with Gasteiger partial charge in [0.1, 0.15) is 0 Å². The van der Waals surface area contributed by atoms with Gasteiger partial charge < -0.3 is 9.88 Å². The second-order valence-electron chi connectivity index (χ2n) is 6.04. The summed E-state index contributed by atoms with van der Waals surface area (Å²) in [4.78, 5) is 16.5. The second-order valence-corrected chi connectivity index (χ2v) is 6.04. The topological polar surface area (TPSA) is 46.9 Å². The minimum Gasteiger partial charge on any atom is -0.348 e. The lowest BCUT2D eigenvalue weighted by atomic mass is 10.1. The standard InChI is InChI=1S/C20H23N3O/c1-3-23-13-11-17-9-7-16(14-19(17)23)8-10-20(24)22-15(2)18-6-4-5-12-21-18/h4-7,9,11-15H,3,8,10H2,1-2H3,(H,22,24)/t15-/m1/s1. The molecule has 1 aromatic carbocycles. The molecule has 2 heterocycles. The van der Waals surface area contributed by atoms with Crippen LogP contribution in [0.25, 0.3) is 10.9 Å². The summed E-state index contributed by atoms with van der Waals surface area (Å²) >= 11 is 0. The number of benzene rings is 1. The van der Waals surface area contributed by atoms with Crippen LogP contribution in [0.1, 0.15) is 37.6 Å². The largest absolute Gasteiger partial charge is 0.348 e. The maximum atomic E-state index is 12.2. The first-order valence-corrected chi connectivity index (χ1v) is 8.45. The number of nitrogens with zero attached hydrogens (tertiary/aromatic N) is 2. The molecule has 124 valence electrons. The van der Waals surface area contributed by atoms with E-state index in [4.69, 9.17) is 0 Å². The molecule has 4 nitrogen and oxygen atoms in total. The Morgan fingerprint density at radius 3 is 2.88 bits per heavy atom. The third-order valence-corrected chi connectivity index (χ3v) is 4.33. The maximum Gasteiger partial charge on any atom is 0.220 e. The first-order chi connectivity index (χ1) is 11.7. The van der Waals surface area contributed by atoms with Gasteiger partial charge in [0.05, 0.1) is 11.7 Å². The number of hydrogen-bond acceptors (Lipinski definition) is 2. The van der Waals surface area contributed by atoms with E-state index in [9.17, 15) is 4.79 Å². The molecule has 0 spiro atoms. The molecule has 0 saturated carbocycles. The van der Waals surface area contributed by atoms with Gasteiger partial charge in [-0.3, -0.25) is 9.78 Å². The molecule has 1 amide bonds. The van der Waals surface area contributed by atoms with Gasteiger partial charge in [-0.1, -0.05) is 18.2 Å². The van der Waals surface area contributed by atoms with E-state index in [1.165, 1.54) is 16.5 Å². The Hall–Kier alpha value is -2.62. The summed E-state index contributed by atoms with van der Waals surface area (Å²) in [6.07, 6.45) is 5.08. The molecular weight excluding hydrogens is 298 g/mol. The van der Waals surface area contributed by atoms with E-state index in [-0.39, 0.29) is 11.9 Å². The van der Waals surface area contributed by atoms with Crippen molar-refractivity contribution in [3.63, 3.8) is 0 Å². The molecule has 0 aliphatic rings. The normalized spacial score (nSPS) is 12.2. The van der Waals surface area contributed by atoms with E-state index >= 15 is 0 Å². The van der Waals surface area contributed by atoms with Crippen LogP contribution in [0.5, 0.6) is 0 Å². The Morgan fingerprint density at radius 1 is 1.25 bits per heavy atom. The fourth-order valence-electron chi connectivity index (χ4n) is 2.94. The molecule has 0 aliphatic carbocycles. The van der Waals surface area contributed by atoms with Gasteiger partial charge in [-0.25, -0.2) is 0 Å². The van der Waals surface area contributed by atoms with Gasteiger partial charge in [-0.2, -0.15) is 0 Å². The van der Waals surface area contributed by atoms with E-state index in [0.717, 1.165) is 18.7 Å². The van der Waals surface area contributed by atoms with E-state index in [0.29, 0.717) is 6.42 Å². The fourth-order valence-corrected chi connectivity index (χ4v) is 2.94. The number of nitrogens with one attached hydrogen (secondary N) is 1. The molecule has 0 fully saturated rings. The fraction of sp³-hybridized carbons (Fsp3) is 0.300. The lowest BCUT2D eigenvalue weighted by molar-refractivity contribution is -0.121. The lowest BCUT2D eigenvalue weighted by Crippen LogP contribution is -2.27. The summed E-state index contributed by atoms with van der Waals surface area (Å²) < 4.78 is 2.22. The van der Waals surface area contributed by atoms with Crippen LogP contribution in [-0.2, 0) is 17.8 Å². The number of rotatable bonds is 6. The third-order valence-electron chi connectivity index (χ3n) is 4.33. The molecule has 1 N–H and O–H groups in total. The van der Waals surface area contributed by atoms with Crippen molar-refractivity contribution in [2.45, 2.75) is 39.3 Å². The van der Waals surface area contributed by atoms with E-state index in [1.54, 1.807) is 6.20 Å². The Labute approximate surface area is 142 Å². The summed E-state index contributed by atoms with van der Waals surface area (Å²) in [6.45, 7) is 5.05. The monoisotopic (exact) mass is 321 g/mol. The highest BCUT2D eigenvalue weighted by atomic mass is 16.1. The van der Waals surface area contributed by atoms with Crippen molar-refractivity contribution >= 4 is 16.8 Å². The Kier molecular flexibility index (Phi) is 4.94. The molecule has 0 aliphatic heterocycles. The van der Waals surface area contributed by atoms with Crippen LogP contribution in [-0.4, -0.2) is 15.5 Å². The molecule has 0 saturated heterocycles. The van der Waals surface area contributed by atoms with Crippen molar-refractivity contribution < 1.29 is 4.79 Å². The predicted octanol–water partition coefficient (Wildman–Crippen LogP) is 3.87. The zero-order chi connectivity index (χ0) is 16.9. The molecule has 4 heteroatoms. The number of carbonyl (C=O) groups is 1. The van der Waals surface area contributed by atoms with Crippen molar-refractivity contribution in [1.82, 2.24) is 14.9 Å². The van der Waals surface area contributed by atoms with Crippen molar-refractivity contribution in [3.8, 4) is 0 Å². The van der Waals surface area contributed by atoms with Crippen LogP contribution in [0.4, 0.5) is 0 Å². The average Bonchev–Trinajstić information content (AvgIpc) is 3.03. The van der Waals surface area contributed by atoms with Gasteiger partial charge in [0.15, 0.2) is 0 Å². The highest BCUT2D eigenvalue weighted by molar-refractivity contribution is 5.81. The van der Waals surface area contributed by atoms with Gasteiger partial charge in [0.25, 0.3) is 0 Å². The van der Waals surface area contributed by atoms with Gasteiger partial charge in [-0.05, 0) is 55.5 Å². The van der Waals surface area contributed by atoms with Crippen LogP contribution < -0.4 is 5.32 Å². The van der Waals surface area contributed by atoms with Crippen LogP contribution in [0.2, 0.25) is 0 Å². The number of amides is 1. The summed E-state index contributed by atoms with van der Waals surface area (Å²) in [7, 11) is 0. The number of hydrogen-bond donors (Lipinski definition) is 1. The van der Waals surface area contributed by atoms with Crippen LogP contribution in [0.15, 0.2) is 54.9 Å². The number of carbonyl (C=O) groups excluding carboxylic acids is 1. The second kappa shape index (κ2) is 7.30. The van der Waals surface area contributed by atoms with Gasteiger partial charge in [-0.15, -0.1) is 0 Å². The lowest BCUT2D eigenvalue weighted by Gasteiger charge is -2.13. The molecule has 2 aromatic heterocycles. The quantitative estimate of drug-likeness (QED) is 0.749. The van der Waals surface area contributed by atoms with E-state index < -0.39 is 0 Å². The molecule has 3 aromatic rings. The smallest absolute Gasteiger partial charge is 0.220 e. The highest BCUT2D eigenvalue weighted by Crippen LogP contribution is 2.18. The maximum absolute atomic E-state index is 12.2. The first kappa shape index (κ1) is 16.2. The average molecular weight is 321 g/mol. The first-order valence-electron chi connectivity index (χ1n) is 8.45. The van der Waals surface area contributed by atoms with Crippen LogP contribution in [0.3, 0.4) is 0 Å². The number of aryl methyl sites for hydroxylation is 2. The van der Waals surface area contributed by atoms with Gasteiger partial charge >= 0.3 is 0 Å². The highest BCUT2D eigenvalue weighted by Gasteiger charge is 2.10. The van der Waals surface area contributed by atoms with E-state index in [2.05, 4.69) is 52.3 Å². The molecule has 0 unspecified atom stereocenters. The molecule has 24 heavy (non-hydrogen) atoms. The summed E-state index contributed by atoms with van der Waals surface area (Å²) in [5.41, 5.74) is 3.31. The van der Waals surface area contributed by atoms with Crippen molar-refractivity contribution in [3.05, 3.63) is 66.1 Å². The van der Waals surface area contributed by atoms with E-state index in [1.807, 2.05) is 25.1 Å². The molecule has 1 atom stereocenters. The number of aromatic nitrogens is 2. The molecule has 3 rings (SSSR count). The molecule has 0 bridgehead atoms. The summed E-state index contributed by atoms with van der Waals surface area (Å²) in [5.74, 6) is 0.0547. The van der Waals surface area contributed by atoms with Crippen molar-refractivity contribution in [2.24, 2.45) is 0 Å². The Morgan fingerprint density at radius 2 is 2.12 bits per heavy atom. The zero-order valence-corrected chi connectivity index (χ0v) is 14.2. The molecule has 0 radical (unpaired) electrons. The number of fused-ring (bicyclic) bond motifs is 1. The SMILES string of the molecule is CCn1ccc2ccc(CCC(=O)N[C@H](C)c3ccccn3)cc21. The minimum absolute atomic E-state index is 0.0547. The minimum atomic E-state index is -0.0708.